The molecule has 0 spiro atoms. The van der Waals surface area contributed by atoms with E-state index in [1.54, 1.807) is 0 Å². The predicted octanol–water partition coefficient (Wildman–Crippen LogP) is 3.60. The fourth-order valence-electron chi connectivity index (χ4n) is 3.90. The molecule has 2 fully saturated rings. The molecule has 0 saturated heterocycles. The van der Waals surface area contributed by atoms with E-state index in [0.29, 0.717) is 17.8 Å². The van der Waals surface area contributed by atoms with Crippen LogP contribution in [0.5, 0.6) is 0 Å². The second-order valence-corrected chi connectivity index (χ2v) is 6.73. The van der Waals surface area contributed by atoms with Gasteiger partial charge in [-0.15, -0.1) is 0 Å². The van der Waals surface area contributed by atoms with Crippen LogP contribution in [0.3, 0.4) is 0 Å². The summed E-state index contributed by atoms with van der Waals surface area (Å²) in [6.07, 6.45) is 9.82. The Kier molecular flexibility index (Phi) is 4.39. The van der Waals surface area contributed by atoms with Crippen molar-refractivity contribution in [3.63, 3.8) is 0 Å². The van der Waals surface area contributed by atoms with Crippen LogP contribution in [0, 0.1) is 11.8 Å². The first kappa shape index (κ1) is 14.1. The normalized spacial score (nSPS) is 34.5. The molecule has 3 rings (SSSR count). The van der Waals surface area contributed by atoms with Gasteiger partial charge >= 0.3 is 0 Å². The van der Waals surface area contributed by atoms with E-state index < -0.39 is 0 Å². The Morgan fingerprint density at radius 1 is 1.05 bits per heavy atom. The minimum atomic E-state index is 0.474. The van der Waals surface area contributed by atoms with E-state index in [1.165, 1.54) is 38.5 Å². The molecule has 2 atom stereocenters. The third-order valence-electron chi connectivity index (χ3n) is 5.47. The second kappa shape index (κ2) is 6.25. The third-order valence-corrected chi connectivity index (χ3v) is 5.47. The van der Waals surface area contributed by atoms with Crippen LogP contribution in [0.15, 0.2) is 4.52 Å². The zero-order valence-corrected chi connectivity index (χ0v) is 12.6. The Hall–Kier alpha value is -0.900. The highest BCUT2D eigenvalue weighted by Gasteiger charge is 2.30. The van der Waals surface area contributed by atoms with Crippen LogP contribution in [-0.2, 0) is 0 Å². The lowest BCUT2D eigenvalue weighted by Gasteiger charge is -2.24. The summed E-state index contributed by atoms with van der Waals surface area (Å²) in [6.45, 7) is 3.10. The average molecular weight is 277 g/mol. The molecule has 0 radical (unpaired) electrons. The molecule has 20 heavy (non-hydrogen) atoms. The fraction of sp³-hybridized carbons (Fsp3) is 0.875. The standard InChI is InChI=1S/C16H27N3O/c1-2-11-3-8-14(9-11)15-18-16(20-19-15)13-6-4-12(10-17)5-7-13/h11-14H,2-10,17H2,1H3. The van der Waals surface area contributed by atoms with E-state index >= 15 is 0 Å². The van der Waals surface area contributed by atoms with E-state index in [0.717, 1.165) is 37.0 Å². The number of nitrogens with two attached hydrogens (primary N) is 1. The van der Waals surface area contributed by atoms with Crippen molar-refractivity contribution < 1.29 is 4.52 Å². The topological polar surface area (TPSA) is 64.9 Å². The number of aromatic nitrogens is 2. The molecule has 2 saturated carbocycles. The van der Waals surface area contributed by atoms with Crippen LogP contribution in [0.1, 0.15) is 81.8 Å². The quantitative estimate of drug-likeness (QED) is 0.913. The number of rotatable bonds is 4. The number of nitrogens with zero attached hydrogens (tertiary/aromatic N) is 2. The van der Waals surface area contributed by atoms with Crippen molar-refractivity contribution in [3.8, 4) is 0 Å². The van der Waals surface area contributed by atoms with Gasteiger partial charge in [0.15, 0.2) is 5.82 Å². The van der Waals surface area contributed by atoms with Gasteiger partial charge in [-0.1, -0.05) is 18.5 Å². The first-order chi connectivity index (χ1) is 9.80. The van der Waals surface area contributed by atoms with Crippen LogP contribution in [-0.4, -0.2) is 16.7 Å². The Labute approximate surface area is 121 Å². The molecule has 4 heteroatoms. The van der Waals surface area contributed by atoms with E-state index in [1.807, 2.05) is 0 Å². The Morgan fingerprint density at radius 2 is 1.75 bits per heavy atom. The van der Waals surface area contributed by atoms with Crippen LogP contribution < -0.4 is 5.73 Å². The molecule has 0 aromatic carbocycles. The summed E-state index contributed by atoms with van der Waals surface area (Å²) in [5.74, 6) is 4.43. The van der Waals surface area contributed by atoms with Crippen molar-refractivity contribution in [2.24, 2.45) is 17.6 Å². The number of hydrogen-bond acceptors (Lipinski definition) is 4. The summed E-state index contributed by atoms with van der Waals surface area (Å²) in [5, 5.41) is 4.27. The van der Waals surface area contributed by atoms with Gasteiger partial charge in [0, 0.05) is 11.8 Å². The van der Waals surface area contributed by atoms with Gasteiger partial charge in [-0.25, -0.2) is 0 Å². The first-order valence-electron chi connectivity index (χ1n) is 8.33. The zero-order chi connectivity index (χ0) is 13.9. The molecular weight excluding hydrogens is 250 g/mol. The molecule has 4 nitrogen and oxygen atoms in total. The van der Waals surface area contributed by atoms with E-state index in [9.17, 15) is 0 Å². The summed E-state index contributed by atoms with van der Waals surface area (Å²) in [4.78, 5) is 4.73. The smallest absolute Gasteiger partial charge is 0.229 e. The van der Waals surface area contributed by atoms with Crippen LogP contribution in [0.2, 0.25) is 0 Å². The highest BCUT2D eigenvalue weighted by atomic mass is 16.5. The van der Waals surface area contributed by atoms with Crippen LogP contribution >= 0.6 is 0 Å². The van der Waals surface area contributed by atoms with Crippen LogP contribution in [0.25, 0.3) is 0 Å². The molecule has 112 valence electrons. The molecule has 0 amide bonds. The number of hydrogen-bond donors (Lipinski definition) is 1. The lowest BCUT2D eigenvalue weighted by atomic mass is 9.82. The SMILES string of the molecule is CCC1CCC(c2noc(C3CCC(CN)CC3)n2)C1. The van der Waals surface area contributed by atoms with Crippen molar-refractivity contribution in [1.29, 1.82) is 0 Å². The van der Waals surface area contributed by atoms with Gasteiger partial charge < -0.3 is 10.3 Å². The van der Waals surface area contributed by atoms with E-state index in [4.69, 9.17) is 15.2 Å². The highest BCUT2D eigenvalue weighted by Crippen LogP contribution is 2.40. The summed E-state index contributed by atoms with van der Waals surface area (Å²) in [5.41, 5.74) is 5.75. The molecule has 1 heterocycles. The predicted molar refractivity (Wildman–Crippen MR) is 78.4 cm³/mol. The van der Waals surface area contributed by atoms with Crippen molar-refractivity contribution in [2.75, 3.05) is 6.54 Å². The van der Waals surface area contributed by atoms with Crippen molar-refractivity contribution in [3.05, 3.63) is 11.7 Å². The molecule has 2 unspecified atom stereocenters. The fourth-order valence-corrected chi connectivity index (χ4v) is 3.90. The summed E-state index contributed by atoms with van der Waals surface area (Å²) >= 11 is 0. The van der Waals surface area contributed by atoms with Crippen LogP contribution in [0.4, 0.5) is 0 Å². The molecule has 2 aliphatic rings. The zero-order valence-electron chi connectivity index (χ0n) is 12.6. The highest BCUT2D eigenvalue weighted by molar-refractivity contribution is 5.03. The van der Waals surface area contributed by atoms with Gasteiger partial charge in [-0.3, -0.25) is 0 Å². The van der Waals surface area contributed by atoms with Gasteiger partial charge in [0.1, 0.15) is 0 Å². The maximum atomic E-state index is 5.75. The molecule has 0 bridgehead atoms. The first-order valence-corrected chi connectivity index (χ1v) is 8.33. The molecule has 1 aromatic heterocycles. The summed E-state index contributed by atoms with van der Waals surface area (Å²) in [6, 6.07) is 0. The van der Waals surface area contributed by atoms with Crippen molar-refractivity contribution >= 4 is 0 Å². The maximum Gasteiger partial charge on any atom is 0.229 e. The van der Waals surface area contributed by atoms with Gasteiger partial charge in [-0.2, -0.15) is 4.98 Å². The molecule has 0 aliphatic heterocycles. The summed E-state index contributed by atoms with van der Waals surface area (Å²) in [7, 11) is 0. The summed E-state index contributed by atoms with van der Waals surface area (Å²) < 4.78 is 5.56. The minimum absolute atomic E-state index is 0.474. The van der Waals surface area contributed by atoms with Gasteiger partial charge in [0.05, 0.1) is 0 Å². The third kappa shape index (κ3) is 2.90. The van der Waals surface area contributed by atoms with E-state index in [-0.39, 0.29) is 0 Å². The minimum Gasteiger partial charge on any atom is -0.339 e. The molecule has 2 N–H and O–H groups in total. The molecule has 2 aliphatic carbocycles. The second-order valence-electron chi connectivity index (χ2n) is 6.73. The Balaban J connectivity index is 1.60. The lowest BCUT2D eigenvalue weighted by Crippen LogP contribution is -2.20. The monoisotopic (exact) mass is 277 g/mol. The largest absolute Gasteiger partial charge is 0.339 e. The van der Waals surface area contributed by atoms with Crippen molar-refractivity contribution in [2.45, 2.75) is 70.1 Å². The van der Waals surface area contributed by atoms with Gasteiger partial charge in [-0.05, 0) is 63.3 Å². The van der Waals surface area contributed by atoms with Gasteiger partial charge in [0.2, 0.25) is 5.89 Å². The van der Waals surface area contributed by atoms with E-state index in [2.05, 4.69) is 12.1 Å². The Bertz CT molecular complexity index is 423. The molecular formula is C16H27N3O. The average Bonchev–Trinajstić information content (AvgIpc) is 3.16. The lowest BCUT2D eigenvalue weighted by molar-refractivity contribution is 0.273. The van der Waals surface area contributed by atoms with Gasteiger partial charge in [0.25, 0.3) is 0 Å². The Morgan fingerprint density at radius 3 is 2.40 bits per heavy atom. The van der Waals surface area contributed by atoms with Crippen molar-refractivity contribution in [1.82, 2.24) is 10.1 Å². The molecule has 1 aromatic rings. The maximum absolute atomic E-state index is 5.75.